The van der Waals surface area contributed by atoms with Gasteiger partial charge in [-0.05, 0) is 43.4 Å². The maximum Gasteiger partial charge on any atom is 0.224 e. The highest BCUT2D eigenvalue weighted by molar-refractivity contribution is 7.99. The lowest BCUT2D eigenvalue weighted by atomic mass is 9.81. The molecule has 1 aliphatic heterocycles. The van der Waals surface area contributed by atoms with E-state index in [9.17, 15) is 14.4 Å². The maximum atomic E-state index is 13.7. The molecule has 0 bridgehead atoms. The summed E-state index contributed by atoms with van der Waals surface area (Å²) < 4.78 is 0.962. The first-order valence-electron chi connectivity index (χ1n) is 14.4. The van der Waals surface area contributed by atoms with Gasteiger partial charge in [-0.15, -0.1) is 11.3 Å². The second-order valence-corrected chi connectivity index (χ2v) is 13.7. The minimum atomic E-state index is -0.551. The molecule has 2 fully saturated rings. The van der Waals surface area contributed by atoms with Crippen LogP contribution < -0.4 is 10.6 Å². The normalized spacial score (nSPS) is 18.2. The van der Waals surface area contributed by atoms with Crippen LogP contribution in [0.4, 0.5) is 0 Å². The molecular weight excluding hydrogens is 564 g/mol. The van der Waals surface area contributed by atoms with Crippen LogP contribution in [-0.4, -0.2) is 71.7 Å². The van der Waals surface area contributed by atoms with E-state index in [-0.39, 0.29) is 30.1 Å². The lowest BCUT2D eigenvalue weighted by Crippen LogP contribution is -2.45. The first kappa shape index (κ1) is 31.0. The second-order valence-electron chi connectivity index (χ2n) is 11.0. The van der Waals surface area contributed by atoms with E-state index in [0.29, 0.717) is 42.3 Å². The first-order chi connectivity index (χ1) is 19.3. The van der Waals surface area contributed by atoms with Crippen LogP contribution in [0.15, 0.2) is 30.4 Å². The molecule has 2 aliphatic rings. The van der Waals surface area contributed by atoms with Crippen molar-refractivity contribution in [3.05, 3.63) is 40.4 Å². The fourth-order valence-electron chi connectivity index (χ4n) is 5.67. The molecule has 1 aromatic heterocycles. The van der Waals surface area contributed by atoms with Gasteiger partial charge in [-0.2, -0.15) is 11.8 Å². The van der Waals surface area contributed by atoms with Crippen LogP contribution in [0, 0.1) is 11.8 Å². The number of thioether (sulfide) groups is 1. The summed E-state index contributed by atoms with van der Waals surface area (Å²) in [4.78, 5) is 46.1. The smallest absolute Gasteiger partial charge is 0.224 e. The van der Waals surface area contributed by atoms with Crippen LogP contribution in [0.3, 0.4) is 0 Å². The van der Waals surface area contributed by atoms with Gasteiger partial charge in [0.2, 0.25) is 11.8 Å². The number of halogens is 1. The minimum Gasteiger partial charge on any atom is -0.359 e. The summed E-state index contributed by atoms with van der Waals surface area (Å²) in [6, 6.07) is 5.45. The Bertz CT molecular complexity index is 1190. The SMILES string of the molecule is C=C(CN1CCSCC1)C(=O)CC[C@@H](NC(=O)[C@@H](CC(=O)NC)Cc1nc2ccc(Cl)cc2s1)C1CCCCC1. The molecule has 2 heterocycles. The van der Waals surface area contributed by atoms with E-state index in [1.807, 2.05) is 23.9 Å². The summed E-state index contributed by atoms with van der Waals surface area (Å²) in [5.74, 6) is 1.74. The molecule has 1 saturated heterocycles. The number of amides is 2. The molecule has 2 atom stereocenters. The van der Waals surface area contributed by atoms with Crippen molar-refractivity contribution in [2.24, 2.45) is 11.8 Å². The fourth-order valence-corrected chi connectivity index (χ4v) is 7.97. The zero-order chi connectivity index (χ0) is 28.5. The molecule has 40 heavy (non-hydrogen) atoms. The van der Waals surface area contributed by atoms with E-state index in [4.69, 9.17) is 16.6 Å². The Balaban J connectivity index is 1.42. The van der Waals surface area contributed by atoms with Crippen molar-refractivity contribution < 1.29 is 14.4 Å². The van der Waals surface area contributed by atoms with Gasteiger partial charge in [0.05, 0.1) is 21.1 Å². The summed E-state index contributed by atoms with van der Waals surface area (Å²) in [6.07, 6.45) is 7.01. The van der Waals surface area contributed by atoms with Crippen LogP contribution in [-0.2, 0) is 20.8 Å². The first-order valence-corrected chi connectivity index (χ1v) is 16.7. The summed E-state index contributed by atoms with van der Waals surface area (Å²) in [6.45, 7) is 6.71. The Hall–Kier alpha value is -1.94. The number of fused-ring (bicyclic) bond motifs is 1. The zero-order valence-corrected chi connectivity index (χ0v) is 25.8. The van der Waals surface area contributed by atoms with Crippen LogP contribution in [0.1, 0.15) is 56.4 Å². The van der Waals surface area contributed by atoms with Crippen LogP contribution in [0.25, 0.3) is 10.2 Å². The topological polar surface area (TPSA) is 91.4 Å². The standard InChI is InChI=1S/C30H41ClN4O3S2/c1-20(19-35-12-14-39-15-13-35)26(36)11-10-24(21-6-4-3-5-7-21)34-30(38)22(16-28(37)32-2)17-29-33-25-9-8-23(31)18-27(25)40-29/h8-9,18,21-22,24H,1,3-7,10-17,19H2,2H3,(H,32,37)(H,34,38)/t22-,24+/m0/s1. The van der Waals surface area contributed by atoms with Crippen LogP contribution >= 0.6 is 34.7 Å². The molecule has 1 aromatic carbocycles. The molecule has 1 aliphatic carbocycles. The van der Waals surface area contributed by atoms with Gasteiger partial charge in [0.15, 0.2) is 5.78 Å². The highest BCUT2D eigenvalue weighted by Crippen LogP contribution is 2.30. The monoisotopic (exact) mass is 604 g/mol. The van der Waals surface area contributed by atoms with Gasteiger partial charge < -0.3 is 10.6 Å². The molecule has 1 saturated carbocycles. The number of hydrogen-bond donors (Lipinski definition) is 2. The third kappa shape index (κ3) is 9.03. The third-order valence-electron chi connectivity index (χ3n) is 8.04. The van der Waals surface area contributed by atoms with Crippen molar-refractivity contribution in [2.45, 2.75) is 63.8 Å². The number of thiazole rings is 1. The van der Waals surface area contributed by atoms with E-state index in [1.54, 1.807) is 13.1 Å². The Kier molecular flexibility index (Phi) is 11.9. The molecule has 218 valence electrons. The largest absolute Gasteiger partial charge is 0.359 e. The molecular formula is C30H41ClN4O3S2. The molecule has 0 unspecified atom stereocenters. The number of hydrogen-bond acceptors (Lipinski definition) is 7. The van der Waals surface area contributed by atoms with Gasteiger partial charge in [-0.25, -0.2) is 4.98 Å². The highest BCUT2D eigenvalue weighted by Gasteiger charge is 2.30. The van der Waals surface area contributed by atoms with Crippen molar-refractivity contribution >= 4 is 62.5 Å². The summed E-state index contributed by atoms with van der Waals surface area (Å²) >= 11 is 9.60. The fraction of sp³-hybridized carbons (Fsp3) is 0.600. The number of ketones is 1. The maximum absolute atomic E-state index is 13.7. The van der Waals surface area contributed by atoms with Gasteiger partial charge in [0, 0.05) is 74.1 Å². The second kappa shape index (κ2) is 15.3. The summed E-state index contributed by atoms with van der Waals surface area (Å²) in [5, 5.41) is 7.40. The van der Waals surface area contributed by atoms with E-state index in [1.165, 1.54) is 17.8 Å². The predicted octanol–water partition coefficient (Wildman–Crippen LogP) is 5.26. The Morgan fingerprint density at radius 2 is 1.93 bits per heavy atom. The predicted molar refractivity (Wildman–Crippen MR) is 166 cm³/mol. The molecule has 2 aromatic rings. The van der Waals surface area contributed by atoms with E-state index in [2.05, 4.69) is 22.1 Å². The number of nitrogens with one attached hydrogen (secondary N) is 2. The third-order valence-corrected chi connectivity index (χ3v) is 10.3. The van der Waals surface area contributed by atoms with Crippen molar-refractivity contribution in [3.63, 3.8) is 0 Å². The molecule has 0 radical (unpaired) electrons. The number of carbonyl (C=O) groups excluding carboxylic acids is 3. The zero-order valence-electron chi connectivity index (χ0n) is 23.4. The van der Waals surface area contributed by atoms with Crippen LogP contribution in [0.2, 0.25) is 5.02 Å². The van der Waals surface area contributed by atoms with Gasteiger partial charge in [-0.1, -0.05) is 37.4 Å². The van der Waals surface area contributed by atoms with Gasteiger partial charge >= 0.3 is 0 Å². The number of nitrogens with zero attached hydrogens (tertiary/aromatic N) is 2. The lowest BCUT2D eigenvalue weighted by molar-refractivity contribution is -0.131. The van der Waals surface area contributed by atoms with Gasteiger partial charge in [0.1, 0.15) is 0 Å². The van der Waals surface area contributed by atoms with Crippen molar-refractivity contribution in [1.29, 1.82) is 0 Å². The Labute approximate surface area is 250 Å². The average molecular weight is 605 g/mol. The summed E-state index contributed by atoms with van der Waals surface area (Å²) in [7, 11) is 1.59. The van der Waals surface area contributed by atoms with Crippen molar-refractivity contribution in [2.75, 3.05) is 38.2 Å². The van der Waals surface area contributed by atoms with E-state index >= 15 is 0 Å². The summed E-state index contributed by atoms with van der Waals surface area (Å²) in [5.41, 5.74) is 1.50. The number of benzene rings is 1. The van der Waals surface area contributed by atoms with Crippen molar-refractivity contribution in [1.82, 2.24) is 20.5 Å². The van der Waals surface area contributed by atoms with Crippen LogP contribution in [0.5, 0.6) is 0 Å². The number of Topliss-reactive ketones (excluding diaryl/α,β-unsaturated/α-hetero) is 1. The molecule has 0 spiro atoms. The van der Waals surface area contributed by atoms with E-state index in [0.717, 1.165) is 65.5 Å². The van der Waals surface area contributed by atoms with Gasteiger partial charge in [-0.3, -0.25) is 19.3 Å². The molecule has 2 N–H and O–H groups in total. The molecule has 10 heteroatoms. The van der Waals surface area contributed by atoms with Gasteiger partial charge in [0.25, 0.3) is 0 Å². The Morgan fingerprint density at radius 3 is 2.65 bits per heavy atom. The molecule has 2 amide bonds. The minimum absolute atomic E-state index is 0.0836. The number of aromatic nitrogens is 1. The average Bonchev–Trinajstić information content (AvgIpc) is 3.36. The van der Waals surface area contributed by atoms with Crippen molar-refractivity contribution in [3.8, 4) is 0 Å². The van der Waals surface area contributed by atoms with E-state index < -0.39 is 5.92 Å². The number of carbonyl (C=O) groups is 3. The molecule has 7 nitrogen and oxygen atoms in total. The Morgan fingerprint density at radius 1 is 1.18 bits per heavy atom. The quantitative estimate of drug-likeness (QED) is 0.303. The lowest BCUT2D eigenvalue weighted by Gasteiger charge is -2.32. The number of rotatable bonds is 13. The molecule has 4 rings (SSSR count). The highest BCUT2D eigenvalue weighted by atomic mass is 35.5.